The van der Waals surface area contributed by atoms with Crippen molar-refractivity contribution in [2.75, 3.05) is 6.61 Å². The largest absolute Gasteiger partial charge is 0.476 e. The SMILES string of the molecule is Cc1ccccc1-n1nc(C(=O)O)c2c1CCOC2. The van der Waals surface area contributed by atoms with E-state index in [0.29, 0.717) is 25.2 Å². The molecule has 0 atom stereocenters. The molecule has 19 heavy (non-hydrogen) atoms. The minimum atomic E-state index is -1.01. The standard InChI is InChI=1S/C14H14N2O3/c1-9-4-2-3-5-11(9)16-12-6-7-19-8-10(12)13(15-16)14(17)18/h2-5H,6-8H2,1H3,(H,17,18). The molecule has 1 aliphatic heterocycles. The Balaban J connectivity index is 2.22. The highest BCUT2D eigenvalue weighted by atomic mass is 16.5. The van der Waals surface area contributed by atoms with Crippen LogP contribution >= 0.6 is 0 Å². The zero-order valence-corrected chi connectivity index (χ0v) is 10.6. The van der Waals surface area contributed by atoms with Crippen molar-refractivity contribution in [1.82, 2.24) is 9.78 Å². The van der Waals surface area contributed by atoms with Gasteiger partial charge in [0.1, 0.15) is 0 Å². The van der Waals surface area contributed by atoms with E-state index in [-0.39, 0.29) is 5.69 Å². The maximum Gasteiger partial charge on any atom is 0.356 e. The van der Waals surface area contributed by atoms with Crippen LogP contribution in [0.5, 0.6) is 0 Å². The van der Waals surface area contributed by atoms with Crippen molar-refractivity contribution in [3.63, 3.8) is 0 Å². The molecular formula is C14H14N2O3. The summed E-state index contributed by atoms with van der Waals surface area (Å²) < 4.78 is 7.10. The number of rotatable bonds is 2. The second-order valence-electron chi connectivity index (χ2n) is 4.58. The minimum absolute atomic E-state index is 0.0953. The normalized spacial score (nSPS) is 14.2. The molecule has 98 valence electrons. The summed E-state index contributed by atoms with van der Waals surface area (Å²) in [6, 6.07) is 7.82. The number of carboxylic acid groups (broad SMARTS) is 1. The average molecular weight is 258 g/mol. The van der Waals surface area contributed by atoms with Gasteiger partial charge in [0.15, 0.2) is 5.69 Å². The van der Waals surface area contributed by atoms with Crippen molar-refractivity contribution >= 4 is 5.97 Å². The van der Waals surface area contributed by atoms with Crippen LogP contribution in [0.25, 0.3) is 5.69 Å². The lowest BCUT2D eigenvalue weighted by molar-refractivity contribution is 0.0677. The van der Waals surface area contributed by atoms with Crippen molar-refractivity contribution in [3.05, 3.63) is 46.8 Å². The summed E-state index contributed by atoms with van der Waals surface area (Å²) in [5.41, 5.74) is 3.72. The topological polar surface area (TPSA) is 64.4 Å². The van der Waals surface area contributed by atoms with Crippen LogP contribution in [0, 0.1) is 6.92 Å². The third-order valence-electron chi connectivity index (χ3n) is 3.37. The van der Waals surface area contributed by atoms with E-state index in [9.17, 15) is 9.90 Å². The number of aromatic carboxylic acids is 1. The number of nitrogens with zero attached hydrogens (tertiary/aromatic N) is 2. The van der Waals surface area contributed by atoms with Crippen molar-refractivity contribution in [2.45, 2.75) is 20.0 Å². The number of para-hydroxylation sites is 1. The third-order valence-corrected chi connectivity index (χ3v) is 3.37. The van der Waals surface area contributed by atoms with Crippen LogP contribution in [0.2, 0.25) is 0 Å². The lowest BCUT2D eigenvalue weighted by atomic mass is 10.1. The summed E-state index contributed by atoms with van der Waals surface area (Å²) in [5, 5.41) is 13.5. The Hall–Kier alpha value is -2.14. The summed E-state index contributed by atoms with van der Waals surface area (Å²) in [5.74, 6) is -1.01. The molecule has 1 aliphatic rings. The number of ether oxygens (including phenoxy) is 1. The van der Waals surface area contributed by atoms with Crippen LogP contribution in [-0.2, 0) is 17.8 Å². The number of benzene rings is 1. The van der Waals surface area contributed by atoms with Gasteiger partial charge in [-0.15, -0.1) is 0 Å². The average Bonchev–Trinajstić information content (AvgIpc) is 2.79. The molecule has 0 saturated heterocycles. The lowest BCUT2D eigenvalue weighted by Gasteiger charge is -2.15. The molecule has 1 N–H and O–H groups in total. The van der Waals surface area contributed by atoms with Gasteiger partial charge in [0.2, 0.25) is 0 Å². The molecule has 0 fully saturated rings. The Morgan fingerprint density at radius 1 is 1.42 bits per heavy atom. The molecule has 0 saturated carbocycles. The van der Waals surface area contributed by atoms with Crippen LogP contribution in [-0.4, -0.2) is 27.5 Å². The predicted octanol–water partition coefficient (Wildman–Crippen LogP) is 1.95. The zero-order chi connectivity index (χ0) is 13.4. The first-order valence-corrected chi connectivity index (χ1v) is 6.16. The second kappa shape index (κ2) is 4.51. The van der Waals surface area contributed by atoms with E-state index in [1.807, 2.05) is 31.2 Å². The van der Waals surface area contributed by atoms with Crippen LogP contribution < -0.4 is 0 Å². The maximum atomic E-state index is 11.3. The molecule has 0 spiro atoms. The molecule has 1 aromatic heterocycles. The fraction of sp³-hybridized carbons (Fsp3) is 0.286. The Morgan fingerprint density at radius 2 is 2.21 bits per heavy atom. The van der Waals surface area contributed by atoms with Gasteiger partial charge in [0, 0.05) is 12.0 Å². The molecule has 0 bridgehead atoms. The van der Waals surface area contributed by atoms with Gasteiger partial charge in [0.05, 0.1) is 24.6 Å². The first-order valence-electron chi connectivity index (χ1n) is 6.16. The van der Waals surface area contributed by atoms with Crippen LogP contribution in [0.1, 0.15) is 27.3 Å². The van der Waals surface area contributed by atoms with Crippen LogP contribution in [0.3, 0.4) is 0 Å². The summed E-state index contributed by atoms with van der Waals surface area (Å²) in [7, 11) is 0. The molecule has 0 radical (unpaired) electrons. The molecule has 2 heterocycles. The molecule has 0 aliphatic carbocycles. The minimum Gasteiger partial charge on any atom is -0.476 e. The highest BCUT2D eigenvalue weighted by Crippen LogP contribution is 2.25. The van der Waals surface area contributed by atoms with E-state index in [1.165, 1.54) is 0 Å². The monoisotopic (exact) mass is 258 g/mol. The van der Waals surface area contributed by atoms with Gasteiger partial charge >= 0.3 is 5.97 Å². The molecule has 2 aromatic rings. The molecule has 3 rings (SSSR count). The number of carbonyl (C=O) groups is 1. The van der Waals surface area contributed by atoms with Crippen molar-refractivity contribution in [2.24, 2.45) is 0 Å². The maximum absolute atomic E-state index is 11.3. The van der Waals surface area contributed by atoms with Gasteiger partial charge in [-0.1, -0.05) is 18.2 Å². The van der Waals surface area contributed by atoms with Gasteiger partial charge in [-0.3, -0.25) is 0 Å². The molecule has 1 aromatic carbocycles. The van der Waals surface area contributed by atoms with Crippen molar-refractivity contribution < 1.29 is 14.6 Å². The van der Waals surface area contributed by atoms with Gasteiger partial charge < -0.3 is 9.84 Å². The predicted molar refractivity (Wildman–Crippen MR) is 68.6 cm³/mol. The third kappa shape index (κ3) is 1.92. The lowest BCUT2D eigenvalue weighted by Crippen LogP contribution is -2.14. The quantitative estimate of drug-likeness (QED) is 0.894. The molecule has 5 nitrogen and oxygen atoms in total. The highest BCUT2D eigenvalue weighted by Gasteiger charge is 2.26. The number of aromatic nitrogens is 2. The Bertz CT molecular complexity index is 646. The van der Waals surface area contributed by atoms with Crippen molar-refractivity contribution in [3.8, 4) is 5.69 Å². The first-order chi connectivity index (χ1) is 9.18. The number of hydrogen-bond donors (Lipinski definition) is 1. The first kappa shape index (κ1) is 11.9. The number of hydrogen-bond acceptors (Lipinski definition) is 3. The van der Waals surface area contributed by atoms with E-state index >= 15 is 0 Å². The van der Waals surface area contributed by atoms with Gasteiger partial charge in [-0.05, 0) is 18.6 Å². The second-order valence-corrected chi connectivity index (χ2v) is 4.58. The summed E-state index contributed by atoms with van der Waals surface area (Å²) >= 11 is 0. The van der Waals surface area contributed by atoms with Gasteiger partial charge in [-0.2, -0.15) is 5.10 Å². The number of fused-ring (bicyclic) bond motifs is 1. The highest BCUT2D eigenvalue weighted by molar-refractivity contribution is 5.87. The molecule has 0 unspecified atom stereocenters. The molecular weight excluding hydrogens is 244 g/mol. The van der Waals surface area contributed by atoms with E-state index in [2.05, 4.69) is 5.10 Å². The molecule has 0 amide bonds. The fourth-order valence-electron chi connectivity index (χ4n) is 2.41. The van der Waals surface area contributed by atoms with Crippen molar-refractivity contribution in [1.29, 1.82) is 0 Å². The summed E-state index contributed by atoms with van der Waals surface area (Å²) in [6.45, 7) is 2.91. The Kier molecular flexibility index (Phi) is 2.83. The van der Waals surface area contributed by atoms with Gasteiger partial charge in [-0.25, -0.2) is 9.48 Å². The smallest absolute Gasteiger partial charge is 0.356 e. The van der Waals surface area contributed by atoms with E-state index in [4.69, 9.17) is 4.74 Å². The summed E-state index contributed by atoms with van der Waals surface area (Å²) in [4.78, 5) is 11.3. The Labute approximate surface area is 110 Å². The van der Waals surface area contributed by atoms with Crippen LogP contribution in [0.15, 0.2) is 24.3 Å². The van der Waals surface area contributed by atoms with E-state index in [1.54, 1.807) is 4.68 Å². The zero-order valence-electron chi connectivity index (χ0n) is 10.6. The summed E-state index contributed by atoms with van der Waals surface area (Å²) in [6.07, 6.45) is 0.684. The van der Waals surface area contributed by atoms with E-state index < -0.39 is 5.97 Å². The van der Waals surface area contributed by atoms with Crippen LogP contribution in [0.4, 0.5) is 0 Å². The molecule has 5 heteroatoms. The van der Waals surface area contributed by atoms with Gasteiger partial charge in [0.25, 0.3) is 0 Å². The number of carboxylic acids is 1. The Morgan fingerprint density at radius 3 is 2.95 bits per heavy atom. The van der Waals surface area contributed by atoms with E-state index in [0.717, 1.165) is 16.9 Å². The number of aryl methyl sites for hydroxylation is 1. The fourth-order valence-corrected chi connectivity index (χ4v) is 2.41.